The summed E-state index contributed by atoms with van der Waals surface area (Å²) in [4.78, 5) is 20.5. The monoisotopic (exact) mass is 496 g/mol. The number of piperidine rings is 1. The van der Waals surface area contributed by atoms with Gasteiger partial charge < -0.3 is 4.74 Å². The number of hydrogen-bond donors (Lipinski definition) is 0. The second kappa shape index (κ2) is 9.89. The van der Waals surface area contributed by atoms with Gasteiger partial charge in [-0.15, -0.1) is 21.5 Å². The van der Waals surface area contributed by atoms with E-state index >= 15 is 0 Å². The summed E-state index contributed by atoms with van der Waals surface area (Å²) in [7, 11) is 1.67. The zero-order chi connectivity index (χ0) is 23.7. The molecule has 178 valence electrons. The summed E-state index contributed by atoms with van der Waals surface area (Å²) >= 11 is 3.03. The number of benzene rings is 1. The molecule has 0 radical (unpaired) electrons. The molecule has 0 aliphatic carbocycles. The van der Waals surface area contributed by atoms with Crippen molar-refractivity contribution in [2.24, 2.45) is 0 Å². The minimum Gasteiger partial charge on any atom is -0.497 e. The van der Waals surface area contributed by atoms with Crippen LogP contribution in [0.1, 0.15) is 49.4 Å². The van der Waals surface area contributed by atoms with Crippen LogP contribution in [0.5, 0.6) is 5.75 Å². The predicted octanol–water partition coefficient (Wildman–Crippen LogP) is 4.49. The topological polar surface area (TPSA) is 77.5 Å². The molecular weight excluding hydrogens is 468 g/mol. The van der Waals surface area contributed by atoms with E-state index in [0.717, 1.165) is 51.9 Å². The summed E-state index contributed by atoms with van der Waals surface area (Å²) in [6.45, 7) is 6.28. The number of fused-ring (bicyclic) bond motifs is 1. The van der Waals surface area contributed by atoms with Gasteiger partial charge in [0.1, 0.15) is 5.75 Å². The lowest BCUT2D eigenvalue weighted by Crippen LogP contribution is -2.33. The zero-order valence-electron chi connectivity index (χ0n) is 19.6. The van der Waals surface area contributed by atoms with Gasteiger partial charge in [-0.25, -0.2) is 4.98 Å². The van der Waals surface area contributed by atoms with Crippen LogP contribution in [0.15, 0.2) is 45.7 Å². The van der Waals surface area contributed by atoms with Crippen molar-refractivity contribution in [2.45, 2.75) is 50.1 Å². The van der Waals surface area contributed by atoms with E-state index in [-0.39, 0.29) is 11.6 Å². The molecule has 0 saturated carbocycles. The summed E-state index contributed by atoms with van der Waals surface area (Å²) < 4.78 is 9.13. The normalized spacial score (nSPS) is 15.6. The van der Waals surface area contributed by atoms with Crippen molar-refractivity contribution >= 4 is 28.1 Å². The minimum atomic E-state index is -0.0459. The second-order valence-electron chi connectivity index (χ2n) is 8.52. The van der Waals surface area contributed by atoms with Gasteiger partial charge in [0.2, 0.25) is 0 Å². The van der Waals surface area contributed by atoms with Crippen LogP contribution in [0, 0.1) is 6.92 Å². The second-order valence-corrected chi connectivity index (χ2v) is 10.3. The van der Waals surface area contributed by atoms with Gasteiger partial charge in [-0.2, -0.15) is 0 Å². The minimum absolute atomic E-state index is 0.0459. The van der Waals surface area contributed by atoms with Gasteiger partial charge in [-0.05, 0) is 64.0 Å². The van der Waals surface area contributed by atoms with Crippen LogP contribution < -0.4 is 10.3 Å². The van der Waals surface area contributed by atoms with E-state index in [0.29, 0.717) is 5.75 Å². The molecule has 1 saturated heterocycles. The van der Waals surface area contributed by atoms with E-state index in [9.17, 15) is 4.79 Å². The Bertz CT molecular complexity index is 1340. The Hall–Kier alpha value is -2.69. The average Bonchev–Trinajstić information content (AvgIpc) is 3.46. The van der Waals surface area contributed by atoms with Crippen molar-refractivity contribution in [3.05, 3.63) is 63.3 Å². The molecule has 1 aliphatic heterocycles. The summed E-state index contributed by atoms with van der Waals surface area (Å²) in [5.74, 6) is 2.27. The Balaban J connectivity index is 1.47. The van der Waals surface area contributed by atoms with E-state index < -0.39 is 0 Å². The molecule has 4 heterocycles. The fourth-order valence-electron chi connectivity index (χ4n) is 4.40. The van der Waals surface area contributed by atoms with Gasteiger partial charge in [0, 0.05) is 28.6 Å². The number of likely N-dealkylation sites (tertiary alicyclic amines) is 1. The third kappa shape index (κ3) is 4.49. The number of hydrogen-bond acceptors (Lipinski definition) is 8. The first-order chi connectivity index (χ1) is 16.5. The van der Waals surface area contributed by atoms with Crippen LogP contribution in [-0.4, -0.2) is 49.2 Å². The van der Waals surface area contributed by atoms with Gasteiger partial charge in [-0.3, -0.25) is 18.7 Å². The SMILES string of the molecule is COc1ccc(-n2c(SCc3cc(=O)n4c(C)csc4n3)nnc2[C@H](C)N2CCCCC2)cc1. The van der Waals surface area contributed by atoms with E-state index in [1.807, 2.05) is 36.6 Å². The van der Waals surface area contributed by atoms with Gasteiger partial charge >= 0.3 is 0 Å². The summed E-state index contributed by atoms with van der Waals surface area (Å²) in [6, 6.07) is 9.74. The molecular formula is C24H28N6O2S2. The largest absolute Gasteiger partial charge is 0.497 e. The molecule has 0 N–H and O–H groups in total. The molecule has 0 bridgehead atoms. The van der Waals surface area contributed by atoms with Crippen molar-refractivity contribution in [1.82, 2.24) is 29.0 Å². The standard InChI is InChI=1S/C24H28N6O2S2/c1-16-14-33-23-25-18(13-21(31)29(16)23)15-34-24-27-26-22(17(2)28-11-5-4-6-12-28)30(24)19-7-9-20(32-3)10-8-19/h7-10,13-14,17H,4-6,11-12,15H2,1-3H3/t17-/m0/s1. The van der Waals surface area contributed by atoms with Crippen LogP contribution in [-0.2, 0) is 5.75 Å². The van der Waals surface area contributed by atoms with Crippen LogP contribution in [0.2, 0.25) is 0 Å². The van der Waals surface area contributed by atoms with Crippen LogP contribution in [0.25, 0.3) is 10.6 Å². The fraction of sp³-hybridized carbons (Fsp3) is 0.417. The highest BCUT2D eigenvalue weighted by Crippen LogP contribution is 2.31. The molecule has 1 atom stereocenters. The molecule has 4 aromatic rings. The van der Waals surface area contributed by atoms with Crippen LogP contribution >= 0.6 is 23.1 Å². The molecule has 3 aromatic heterocycles. The average molecular weight is 497 g/mol. The lowest BCUT2D eigenvalue weighted by atomic mass is 10.1. The number of methoxy groups -OCH3 is 1. The number of thiazole rings is 1. The molecule has 10 heteroatoms. The number of aromatic nitrogens is 5. The third-order valence-electron chi connectivity index (χ3n) is 6.28. The molecule has 0 amide bonds. The predicted molar refractivity (Wildman–Crippen MR) is 135 cm³/mol. The molecule has 5 rings (SSSR count). The van der Waals surface area contributed by atoms with Crippen LogP contribution in [0.4, 0.5) is 0 Å². The quantitative estimate of drug-likeness (QED) is 0.349. The Morgan fingerprint density at radius 1 is 1.15 bits per heavy atom. The first-order valence-corrected chi connectivity index (χ1v) is 13.3. The van der Waals surface area contributed by atoms with Crippen molar-refractivity contribution in [3.63, 3.8) is 0 Å². The first kappa shape index (κ1) is 23.1. The maximum Gasteiger partial charge on any atom is 0.258 e. The zero-order valence-corrected chi connectivity index (χ0v) is 21.2. The molecule has 1 fully saturated rings. The summed E-state index contributed by atoms with van der Waals surface area (Å²) in [5.41, 5.74) is 2.60. The van der Waals surface area contributed by atoms with Crippen LogP contribution in [0.3, 0.4) is 0 Å². The highest BCUT2D eigenvalue weighted by molar-refractivity contribution is 7.98. The molecule has 34 heavy (non-hydrogen) atoms. The van der Waals surface area contributed by atoms with Crippen molar-refractivity contribution in [2.75, 3.05) is 20.2 Å². The number of nitrogens with zero attached hydrogens (tertiary/aromatic N) is 6. The number of thioether (sulfide) groups is 1. The first-order valence-electron chi connectivity index (χ1n) is 11.5. The van der Waals surface area contributed by atoms with E-state index in [4.69, 9.17) is 9.72 Å². The lowest BCUT2D eigenvalue weighted by molar-refractivity contribution is 0.167. The number of rotatable bonds is 7. The summed E-state index contributed by atoms with van der Waals surface area (Å²) in [5, 5.41) is 11.9. The highest BCUT2D eigenvalue weighted by atomic mass is 32.2. The van der Waals surface area contributed by atoms with Gasteiger partial charge in [0.05, 0.1) is 18.8 Å². The van der Waals surface area contributed by atoms with Gasteiger partial charge in [0.25, 0.3) is 5.56 Å². The Labute approximate surface area is 206 Å². The number of ether oxygens (including phenoxy) is 1. The van der Waals surface area contributed by atoms with E-state index in [1.54, 1.807) is 29.3 Å². The molecule has 0 unspecified atom stereocenters. The Morgan fingerprint density at radius 2 is 1.91 bits per heavy atom. The third-order valence-corrected chi connectivity index (χ3v) is 8.18. The molecule has 1 aromatic carbocycles. The Morgan fingerprint density at radius 3 is 2.65 bits per heavy atom. The van der Waals surface area contributed by atoms with E-state index in [1.165, 1.54) is 30.6 Å². The highest BCUT2D eigenvalue weighted by Gasteiger charge is 2.25. The lowest BCUT2D eigenvalue weighted by Gasteiger charge is -2.31. The van der Waals surface area contributed by atoms with Crippen molar-refractivity contribution in [3.8, 4) is 11.4 Å². The molecule has 8 nitrogen and oxygen atoms in total. The summed E-state index contributed by atoms with van der Waals surface area (Å²) in [6.07, 6.45) is 3.72. The van der Waals surface area contributed by atoms with Crippen molar-refractivity contribution < 1.29 is 4.74 Å². The van der Waals surface area contributed by atoms with Gasteiger partial charge in [0.15, 0.2) is 15.9 Å². The van der Waals surface area contributed by atoms with Gasteiger partial charge in [-0.1, -0.05) is 18.2 Å². The van der Waals surface area contributed by atoms with Crippen molar-refractivity contribution in [1.29, 1.82) is 0 Å². The molecule has 0 spiro atoms. The maximum atomic E-state index is 12.6. The fourth-order valence-corrected chi connectivity index (χ4v) is 6.14. The maximum absolute atomic E-state index is 12.6. The van der Waals surface area contributed by atoms with E-state index in [2.05, 4.69) is 26.6 Å². The number of aryl methyl sites for hydroxylation is 1. The Kier molecular flexibility index (Phi) is 6.71. The smallest absolute Gasteiger partial charge is 0.258 e. The molecule has 1 aliphatic rings.